The molecule has 0 amide bonds. The minimum atomic E-state index is -4.99. The van der Waals surface area contributed by atoms with Crippen molar-refractivity contribution in [2.45, 2.75) is 31.3 Å². The smallest absolute Gasteiger partial charge is 0.497 e. The lowest BCUT2D eigenvalue weighted by Crippen LogP contribution is -2.32. The van der Waals surface area contributed by atoms with Gasteiger partial charge in [0.05, 0.1) is 25.9 Å². The maximum absolute atomic E-state index is 14.2. The second kappa shape index (κ2) is 10.6. The van der Waals surface area contributed by atoms with Crippen molar-refractivity contribution in [1.29, 1.82) is 0 Å². The van der Waals surface area contributed by atoms with Crippen molar-refractivity contribution in [3.63, 3.8) is 0 Å². The zero-order chi connectivity index (χ0) is 24.2. The fraction of sp³-hybridized carbons (Fsp3) is 0.409. The number of Topliss-reactive ketones (excluding diaryl/α,β-unsaturated/α-hetero) is 1. The van der Waals surface area contributed by atoms with Crippen molar-refractivity contribution in [3.8, 4) is 17.2 Å². The summed E-state index contributed by atoms with van der Waals surface area (Å²) in [6.45, 7) is 0. The molecule has 0 aromatic heterocycles. The lowest BCUT2D eigenvalue weighted by atomic mass is 9.71. The van der Waals surface area contributed by atoms with Gasteiger partial charge >= 0.3 is 7.82 Å². The molecule has 33 heavy (non-hydrogen) atoms. The molecule has 0 bridgehead atoms. The van der Waals surface area contributed by atoms with Crippen molar-refractivity contribution in [1.82, 2.24) is 0 Å². The van der Waals surface area contributed by atoms with Gasteiger partial charge in [0.15, 0.2) is 11.6 Å². The van der Waals surface area contributed by atoms with E-state index in [1.165, 1.54) is 26.4 Å². The number of halogens is 1. The molecule has 3 atom stereocenters. The summed E-state index contributed by atoms with van der Waals surface area (Å²) in [6.07, 6.45) is 1.52. The van der Waals surface area contributed by atoms with Crippen LogP contribution in [0.5, 0.6) is 17.2 Å². The molecule has 0 saturated heterocycles. The molecule has 3 rings (SSSR count). The average molecular weight is 484 g/mol. The molecule has 2 N–H and O–H groups in total. The third kappa shape index (κ3) is 6.10. The fourth-order valence-corrected chi connectivity index (χ4v) is 4.32. The van der Waals surface area contributed by atoms with Gasteiger partial charge in [-0.15, -0.1) is 0 Å². The molecule has 0 spiro atoms. The van der Waals surface area contributed by atoms with Crippen LogP contribution in [0, 0.1) is 11.7 Å². The molecule has 11 heteroatoms. The van der Waals surface area contributed by atoms with E-state index in [4.69, 9.17) is 24.0 Å². The molecule has 1 fully saturated rings. The summed E-state index contributed by atoms with van der Waals surface area (Å²) in [4.78, 5) is 35.9. The first-order valence-corrected chi connectivity index (χ1v) is 11.7. The lowest BCUT2D eigenvalue weighted by molar-refractivity contribution is -0.125. The Bertz CT molecular complexity index is 1040. The number of carbonyl (C=O) groups excluding carboxylic acids is 1. The topological polar surface area (TPSA) is 121 Å². The molecule has 1 saturated carbocycles. The molecule has 0 aliphatic heterocycles. The van der Waals surface area contributed by atoms with Crippen molar-refractivity contribution < 1.29 is 47.3 Å². The molecule has 3 unspecified atom stereocenters. The lowest BCUT2D eigenvalue weighted by Gasteiger charge is -2.35. The third-order valence-corrected chi connectivity index (χ3v) is 6.02. The van der Waals surface area contributed by atoms with E-state index in [0.29, 0.717) is 41.9 Å². The van der Waals surface area contributed by atoms with E-state index >= 15 is 0 Å². The summed E-state index contributed by atoms with van der Waals surface area (Å²) in [5.74, 6) is -1.49. The maximum Gasteiger partial charge on any atom is 0.505 e. The highest BCUT2D eigenvalue weighted by molar-refractivity contribution is 7.46. The zero-order valence-corrected chi connectivity index (χ0v) is 19.3. The molecule has 1 aliphatic rings. The normalized spacial score (nSPS) is 20.8. The maximum atomic E-state index is 14.2. The molecule has 9 nitrogen and oxygen atoms in total. The molecular weight excluding hydrogens is 458 g/mol. The Balaban J connectivity index is 1.98. The standard InChI is InChI=1S/C22H26FO9P/c1-28-14-5-7-16(22(24)18-12-15(29-2)6-9-20(18)30-3)17(11-14)13-4-8-19(23)21(10-13)31-32-33(25,26)27/h4,6,8-10,12,14,16-17H,5,7,11H2,1-3H3,(H2,25,26,27). The summed E-state index contributed by atoms with van der Waals surface area (Å²) in [7, 11) is -0.424. The van der Waals surface area contributed by atoms with E-state index in [2.05, 4.69) is 9.56 Å². The summed E-state index contributed by atoms with van der Waals surface area (Å²) in [5, 5.41) is 0. The zero-order valence-electron chi connectivity index (χ0n) is 18.4. The van der Waals surface area contributed by atoms with Gasteiger partial charge in [0.25, 0.3) is 0 Å². The number of carbonyl (C=O) groups is 1. The Morgan fingerprint density at radius 3 is 2.42 bits per heavy atom. The SMILES string of the molecule is COc1ccc(OC)c(C(=O)C2CCC(OC)CC2c2ccc(F)c(OOP(=O)(O)O)c2)c1. The first-order valence-electron chi connectivity index (χ1n) is 10.2. The van der Waals surface area contributed by atoms with Crippen LogP contribution in [0.3, 0.4) is 0 Å². The third-order valence-electron chi connectivity index (χ3n) is 5.75. The van der Waals surface area contributed by atoms with Gasteiger partial charge in [-0.3, -0.25) is 4.79 Å². The van der Waals surface area contributed by atoms with Crippen molar-refractivity contribution in [2.24, 2.45) is 5.92 Å². The summed E-state index contributed by atoms with van der Waals surface area (Å²) >= 11 is 0. The van der Waals surface area contributed by atoms with Gasteiger partial charge in [-0.05, 0) is 61.1 Å². The number of phosphoric acid groups is 1. The van der Waals surface area contributed by atoms with Crippen LogP contribution >= 0.6 is 7.82 Å². The van der Waals surface area contributed by atoms with Crippen LogP contribution in [-0.4, -0.2) is 43.0 Å². The molecule has 0 radical (unpaired) electrons. The van der Waals surface area contributed by atoms with Crippen LogP contribution in [-0.2, 0) is 14.0 Å². The summed E-state index contributed by atoms with van der Waals surface area (Å²) in [6, 6.07) is 8.85. The van der Waals surface area contributed by atoms with Crippen LogP contribution in [0.25, 0.3) is 0 Å². The van der Waals surface area contributed by atoms with Crippen molar-refractivity contribution >= 4 is 13.6 Å². The monoisotopic (exact) mass is 484 g/mol. The number of rotatable bonds is 9. The first kappa shape index (κ1) is 25.1. The minimum Gasteiger partial charge on any atom is -0.497 e. The van der Waals surface area contributed by atoms with Crippen LogP contribution in [0.4, 0.5) is 4.39 Å². The number of benzene rings is 2. The number of ketones is 1. The molecule has 2 aromatic rings. The van der Waals surface area contributed by atoms with E-state index in [0.717, 1.165) is 6.07 Å². The molecule has 0 heterocycles. The number of hydrogen-bond acceptors (Lipinski definition) is 7. The predicted molar refractivity (Wildman–Crippen MR) is 115 cm³/mol. The first-order chi connectivity index (χ1) is 15.7. The summed E-state index contributed by atoms with van der Waals surface area (Å²) in [5.41, 5.74) is 0.911. The average Bonchev–Trinajstić information content (AvgIpc) is 2.81. The van der Waals surface area contributed by atoms with Crippen molar-refractivity contribution in [3.05, 3.63) is 53.3 Å². The van der Waals surface area contributed by atoms with Gasteiger partial charge in [-0.25, -0.2) is 8.96 Å². The number of hydrogen-bond donors (Lipinski definition) is 2. The molecular formula is C22H26FO9P. The molecule has 1 aliphatic carbocycles. The quantitative estimate of drug-likeness (QED) is 0.235. The van der Waals surface area contributed by atoms with Gasteiger partial charge in [0, 0.05) is 13.0 Å². The van der Waals surface area contributed by atoms with E-state index < -0.39 is 25.3 Å². The van der Waals surface area contributed by atoms with Crippen LogP contribution in [0.2, 0.25) is 0 Å². The highest BCUT2D eigenvalue weighted by Crippen LogP contribution is 2.44. The van der Waals surface area contributed by atoms with Crippen LogP contribution < -0.4 is 14.4 Å². The minimum absolute atomic E-state index is 0.118. The van der Waals surface area contributed by atoms with Gasteiger partial charge < -0.3 is 28.9 Å². The van der Waals surface area contributed by atoms with Crippen molar-refractivity contribution in [2.75, 3.05) is 21.3 Å². The largest absolute Gasteiger partial charge is 0.505 e. The Kier molecular flexibility index (Phi) is 8.10. The van der Waals surface area contributed by atoms with E-state index in [9.17, 15) is 13.8 Å². The Labute approximate surface area is 190 Å². The van der Waals surface area contributed by atoms with Gasteiger partial charge in [0.2, 0.25) is 5.75 Å². The Hall–Kier alpha value is -2.49. The van der Waals surface area contributed by atoms with E-state index in [1.807, 2.05) is 0 Å². The highest BCUT2D eigenvalue weighted by atomic mass is 31.2. The van der Waals surface area contributed by atoms with Gasteiger partial charge in [-0.1, -0.05) is 10.7 Å². The second-order valence-electron chi connectivity index (χ2n) is 7.65. The van der Waals surface area contributed by atoms with E-state index in [-0.39, 0.29) is 17.8 Å². The highest BCUT2D eigenvalue weighted by Gasteiger charge is 2.38. The second-order valence-corrected chi connectivity index (χ2v) is 8.78. The predicted octanol–water partition coefficient (Wildman–Crippen LogP) is 4.03. The van der Waals surface area contributed by atoms with Gasteiger partial charge in [0.1, 0.15) is 11.5 Å². The van der Waals surface area contributed by atoms with Crippen LogP contribution in [0.1, 0.15) is 41.1 Å². The summed E-state index contributed by atoms with van der Waals surface area (Å²) < 4.78 is 45.2. The van der Waals surface area contributed by atoms with E-state index in [1.54, 1.807) is 25.3 Å². The van der Waals surface area contributed by atoms with Gasteiger partial charge in [-0.2, -0.15) is 0 Å². The molecule has 2 aromatic carbocycles. The van der Waals surface area contributed by atoms with Crippen LogP contribution in [0.15, 0.2) is 36.4 Å². The molecule has 180 valence electrons. The Morgan fingerprint density at radius 1 is 1.03 bits per heavy atom. The fourth-order valence-electron chi connectivity index (χ4n) is 4.14. The number of methoxy groups -OCH3 is 3. The number of ether oxygens (including phenoxy) is 3. The Morgan fingerprint density at radius 2 is 1.79 bits per heavy atom.